The van der Waals surface area contributed by atoms with Gasteiger partial charge in [-0.25, -0.2) is 0 Å². The maximum atomic E-state index is 7.79. The minimum absolute atomic E-state index is 0. The molecule has 5 heteroatoms. The van der Waals surface area contributed by atoms with E-state index in [0.29, 0.717) is 5.92 Å². The molecular formula is C37H36Cl2OSiZr. The Morgan fingerprint density at radius 2 is 1.24 bits per heavy atom. The first-order chi connectivity index (χ1) is 19.3. The summed E-state index contributed by atoms with van der Waals surface area (Å²) in [5, 5.41) is 3.85. The molecule has 0 saturated heterocycles. The molecule has 6 rings (SSSR count). The van der Waals surface area contributed by atoms with E-state index in [1.165, 1.54) is 37.8 Å². The molecule has 1 nitrogen and oxygen atoms in total. The molecule has 42 heavy (non-hydrogen) atoms. The molecule has 4 aromatic carbocycles. The van der Waals surface area contributed by atoms with Crippen molar-refractivity contribution in [1.82, 2.24) is 0 Å². The third-order valence-corrected chi connectivity index (χ3v) is 12.4. The van der Waals surface area contributed by atoms with Crippen molar-refractivity contribution in [3.8, 4) is 0 Å². The van der Waals surface area contributed by atoms with Crippen LogP contribution in [0.2, 0.25) is 0 Å². The van der Waals surface area contributed by atoms with E-state index >= 15 is 0 Å². The van der Waals surface area contributed by atoms with Crippen molar-refractivity contribution < 1.29 is 55.4 Å². The Morgan fingerprint density at radius 3 is 1.76 bits per heavy atom. The Bertz CT molecular complexity index is 1410. The summed E-state index contributed by atoms with van der Waals surface area (Å²) in [5.74, 6) is 0.527. The fourth-order valence-electron chi connectivity index (χ4n) is 6.23. The van der Waals surface area contributed by atoms with Crippen molar-refractivity contribution in [2.75, 3.05) is 0 Å². The normalized spacial score (nSPS) is 14.5. The molecule has 2 aliphatic rings. The molecule has 0 spiro atoms. The van der Waals surface area contributed by atoms with E-state index in [1.807, 2.05) is 0 Å². The summed E-state index contributed by atoms with van der Waals surface area (Å²) in [5.41, 5.74) is 5.62. The summed E-state index contributed by atoms with van der Waals surface area (Å²) in [6, 6.07) is 39.7. The van der Waals surface area contributed by atoms with Gasteiger partial charge < -0.3 is 29.2 Å². The first-order valence-corrected chi connectivity index (χ1v) is 16.1. The van der Waals surface area contributed by atoms with Crippen LogP contribution in [0.1, 0.15) is 49.0 Å². The summed E-state index contributed by atoms with van der Waals surface area (Å²) in [4.78, 5) is 0. The fraction of sp³-hybridized carbons (Fsp3) is 0.189. The first-order valence-electron chi connectivity index (χ1n) is 14.2. The molecule has 0 aromatic heterocycles. The quantitative estimate of drug-likeness (QED) is 0.181. The molecule has 0 amide bonds. The van der Waals surface area contributed by atoms with Gasteiger partial charge >= 0.3 is 26.2 Å². The Balaban J connectivity index is 0.00000161. The van der Waals surface area contributed by atoms with Gasteiger partial charge in [-0.15, -0.1) is 0 Å². The SMILES string of the molecule is CC(CCC(O[Si](c1ccccc1)(c1ccccc1)c1ccccc1)c1cccc2c1C=CC2)C1=CC=CC1.[Cl-].[Cl-].[Zr+2]. The molecule has 0 N–H and O–H groups in total. The summed E-state index contributed by atoms with van der Waals surface area (Å²) < 4.78 is 7.79. The van der Waals surface area contributed by atoms with Crippen molar-refractivity contribution in [2.45, 2.75) is 38.7 Å². The zero-order chi connectivity index (χ0) is 26.5. The van der Waals surface area contributed by atoms with Crippen LogP contribution in [0.15, 0.2) is 139 Å². The van der Waals surface area contributed by atoms with Gasteiger partial charge in [-0.05, 0) is 63.9 Å². The predicted octanol–water partition coefficient (Wildman–Crippen LogP) is 1.29. The molecule has 0 saturated carbocycles. The molecule has 2 atom stereocenters. The van der Waals surface area contributed by atoms with Crippen molar-refractivity contribution in [3.05, 3.63) is 156 Å². The van der Waals surface area contributed by atoms with E-state index in [2.05, 4.69) is 146 Å². The van der Waals surface area contributed by atoms with Crippen LogP contribution in [0.5, 0.6) is 0 Å². The van der Waals surface area contributed by atoms with Gasteiger partial charge in [0.15, 0.2) is 0 Å². The monoisotopic (exact) mass is 684 g/mol. The van der Waals surface area contributed by atoms with Gasteiger partial charge in [0.05, 0.1) is 6.10 Å². The smallest absolute Gasteiger partial charge is 1.00 e. The number of hydrogen-bond acceptors (Lipinski definition) is 1. The minimum Gasteiger partial charge on any atom is -1.00 e. The topological polar surface area (TPSA) is 9.23 Å². The van der Waals surface area contributed by atoms with Crippen LogP contribution in [0.25, 0.3) is 6.08 Å². The molecule has 2 aliphatic carbocycles. The van der Waals surface area contributed by atoms with Gasteiger partial charge in [0, 0.05) is 0 Å². The second kappa shape index (κ2) is 16.0. The fourth-order valence-corrected chi connectivity index (χ4v) is 10.3. The molecule has 0 fully saturated rings. The Labute approximate surface area is 283 Å². The van der Waals surface area contributed by atoms with E-state index in [1.54, 1.807) is 0 Å². The zero-order valence-electron chi connectivity index (χ0n) is 23.9. The van der Waals surface area contributed by atoms with E-state index in [9.17, 15) is 0 Å². The molecule has 2 unspecified atom stereocenters. The predicted molar refractivity (Wildman–Crippen MR) is 167 cm³/mol. The van der Waals surface area contributed by atoms with Crippen molar-refractivity contribution >= 4 is 30.0 Å². The summed E-state index contributed by atoms with van der Waals surface area (Å²) >= 11 is 0. The molecule has 0 aliphatic heterocycles. The largest absolute Gasteiger partial charge is 2.00 e. The van der Waals surface area contributed by atoms with Crippen molar-refractivity contribution in [3.63, 3.8) is 0 Å². The van der Waals surface area contributed by atoms with Crippen LogP contribution >= 0.6 is 0 Å². The molecule has 0 bridgehead atoms. The average Bonchev–Trinajstić information content (AvgIpc) is 3.72. The zero-order valence-corrected chi connectivity index (χ0v) is 28.9. The van der Waals surface area contributed by atoms with Gasteiger partial charge in [-0.1, -0.05) is 152 Å². The maximum Gasteiger partial charge on any atom is 2.00 e. The second-order valence-corrected chi connectivity index (χ2v) is 14.1. The van der Waals surface area contributed by atoms with Crippen molar-refractivity contribution in [1.29, 1.82) is 0 Å². The van der Waals surface area contributed by atoms with E-state index in [-0.39, 0.29) is 57.1 Å². The number of fused-ring (bicyclic) bond motifs is 1. The van der Waals surface area contributed by atoms with Gasteiger partial charge in [-0.3, -0.25) is 0 Å². The maximum absolute atomic E-state index is 7.79. The van der Waals surface area contributed by atoms with Crippen LogP contribution < -0.4 is 40.4 Å². The van der Waals surface area contributed by atoms with Gasteiger partial charge in [-0.2, -0.15) is 0 Å². The van der Waals surface area contributed by atoms with Crippen LogP contribution in [-0.4, -0.2) is 8.32 Å². The van der Waals surface area contributed by atoms with Crippen LogP contribution in [-0.2, 0) is 37.1 Å². The first kappa shape index (κ1) is 34.2. The van der Waals surface area contributed by atoms with Crippen LogP contribution in [0.4, 0.5) is 0 Å². The number of halogens is 2. The molecular weight excluding hydrogens is 651 g/mol. The molecule has 0 radical (unpaired) electrons. The van der Waals surface area contributed by atoms with E-state index in [0.717, 1.165) is 25.7 Å². The van der Waals surface area contributed by atoms with Gasteiger partial charge in [0.25, 0.3) is 8.32 Å². The summed E-state index contributed by atoms with van der Waals surface area (Å²) in [6.07, 6.45) is 15.5. The standard InChI is InChI=1S/C37H36OSi.2ClH.Zr/c1-29(30-15-11-12-16-30)27-28-37(36-26-14-18-31-17-13-25-35(31)36)38-39(32-19-5-2-6-20-32,33-21-7-3-8-22-33)34-23-9-4-10-24-34;;;/h2-15,18-26,29,37H,16-17,27-28H2,1H3;2*1H;/q;;;+2/p-2. The van der Waals surface area contributed by atoms with E-state index < -0.39 is 8.32 Å². The Morgan fingerprint density at radius 1 is 0.667 bits per heavy atom. The number of benzene rings is 4. The number of rotatable bonds is 10. The molecule has 212 valence electrons. The van der Waals surface area contributed by atoms with Gasteiger partial charge in [0.1, 0.15) is 0 Å². The second-order valence-electron chi connectivity index (χ2n) is 10.8. The number of allylic oxidation sites excluding steroid dienone is 5. The van der Waals surface area contributed by atoms with Crippen LogP contribution in [0.3, 0.4) is 0 Å². The summed E-state index contributed by atoms with van der Waals surface area (Å²) in [7, 11) is -2.86. The average molecular weight is 687 g/mol. The summed E-state index contributed by atoms with van der Waals surface area (Å²) in [6.45, 7) is 2.38. The van der Waals surface area contributed by atoms with Crippen molar-refractivity contribution in [2.24, 2.45) is 5.92 Å². The third kappa shape index (κ3) is 7.09. The minimum atomic E-state index is -2.86. The molecule has 4 aromatic rings. The van der Waals surface area contributed by atoms with Crippen LogP contribution in [0, 0.1) is 5.92 Å². The van der Waals surface area contributed by atoms with Gasteiger partial charge in [0.2, 0.25) is 0 Å². The Hall–Kier alpha value is -2.26. The molecule has 0 heterocycles. The number of hydrogen-bond donors (Lipinski definition) is 0. The van der Waals surface area contributed by atoms with E-state index in [4.69, 9.17) is 4.43 Å². The Kier molecular flexibility index (Phi) is 13.0. The third-order valence-electron chi connectivity index (χ3n) is 8.35.